The molecular weight excluding hydrogens is 197 g/mol. The first-order valence-corrected chi connectivity index (χ1v) is 3.16. The van der Waals surface area contributed by atoms with Crippen molar-refractivity contribution >= 4 is 16.8 Å². The predicted octanol–water partition coefficient (Wildman–Crippen LogP) is 2.68. The number of halogens is 4. The highest BCUT2D eigenvalue weighted by Gasteiger charge is 2.35. The lowest BCUT2D eigenvalue weighted by atomic mass is 10.4. The van der Waals surface area contributed by atoms with Crippen molar-refractivity contribution in [1.29, 1.82) is 0 Å². The van der Waals surface area contributed by atoms with Crippen molar-refractivity contribution < 1.29 is 22.4 Å². The van der Waals surface area contributed by atoms with E-state index in [1.165, 1.54) is 0 Å². The van der Waals surface area contributed by atoms with E-state index in [2.05, 4.69) is 4.42 Å². The van der Waals surface area contributed by atoms with E-state index < -0.39 is 22.9 Å². The molecule has 0 N–H and O–H groups in total. The fourth-order valence-corrected chi connectivity index (χ4v) is 0.697. The van der Waals surface area contributed by atoms with E-state index in [9.17, 15) is 18.0 Å². The van der Waals surface area contributed by atoms with Gasteiger partial charge in [-0.1, -0.05) is 0 Å². The Labute approximate surface area is 69.9 Å². The summed E-state index contributed by atoms with van der Waals surface area (Å²) in [5.41, 5.74) is 0. The Kier molecular flexibility index (Phi) is 2.14. The monoisotopic (exact) mass is 198 g/mol. The quantitative estimate of drug-likeness (QED) is 0.650. The Bertz CT molecular complexity index is 302. The molecule has 0 aliphatic carbocycles. The molecule has 66 valence electrons. The van der Waals surface area contributed by atoms with Gasteiger partial charge in [0.05, 0.1) is 0 Å². The van der Waals surface area contributed by atoms with Crippen LogP contribution < -0.4 is 0 Å². The van der Waals surface area contributed by atoms with Crippen molar-refractivity contribution in [3.63, 3.8) is 0 Å². The molecule has 0 amide bonds. The summed E-state index contributed by atoms with van der Waals surface area (Å²) >= 11 is 4.87. The maximum absolute atomic E-state index is 11.8. The van der Waals surface area contributed by atoms with Crippen LogP contribution in [0.3, 0.4) is 0 Å². The Morgan fingerprint density at radius 3 is 2.25 bits per heavy atom. The maximum Gasteiger partial charge on any atom is 0.449 e. The van der Waals surface area contributed by atoms with Crippen LogP contribution in [0.15, 0.2) is 16.5 Å². The maximum atomic E-state index is 11.8. The fourth-order valence-electron chi connectivity index (χ4n) is 0.596. The number of rotatable bonds is 1. The highest BCUT2D eigenvalue weighted by atomic mass is 35.5. The zero-order valence-electron chi connectivity index (χ0n) is 5.48. The molecule has 2 nitrogen and oxygen atoms in total. The lowest BCUT2D eigenvalue weighted by Crippen LogP contribution is -2.02. The van der Waals surface area contributed by atoms with Gasteiger partial charge in [0.15, 0.2) is 5.76 Å². The van der Waals surface area contributed by atoms with Crippen molar-refractivity contribution in [2.75, 3.05) is 0 Å². The van der Waals surface area contributed by atoms with Gasteiger partial charge in [0.25, 0.3) is 5.24 Å². The Morgan fingerprint density at radius 1 is 1.42 bits per heavy atom. The third kappa shape index (κ3) is 1.79. The molecule has 1 heterocycles. The zero-order valence-corrected chi connectivity index (χ0v) is 6.24. The third-order valence-corrected chi connectivity index (χ3v) is 1.27. The van der Waals surface area contributed by atoms with Gasteiger partial charge >= 0.3 is 6.18 Å². The molecule has 0 aliphatic heterocycles. The smallest absolute Gasteiger partial charge is 0.447 e. The van der Waals surface area contributed by atoms with Gasteiger partial charge in [-0.25, -0.2) is 0 Å². The highest BCUT2D eigenvalue weighted by Crippen LogP contribution is 2.30. The van der Waals surface area contributed by atoms with Gasteiger partial charge in [-0.3, -0.25) is 4.79 Å². The van der Waals surface area contributed by atoms with Crippen LogP contribution in [0, 0.1) is 0 Å². The zero-order chi connectivity index (χ0) is 9.35. The first-order valence-electron chi connectivity index (χ1n) is 2.78. The first-order chi connectivity index (χ1) is 5.41. The molecule has 0 radical (unpaired) electrons. The number of carbonyl (C=O) groups excluding carboxylic acids is 1. The normalized spacial score (nSPS) is 11.7. The summed E-state index contributed by atoms with van der Waals surface area (Å²) in [6.07, 6.45) is -4.58. The van der Waals surface area contributed by atoms with Crippen LogP contribution in [-0.4, -0.2) is 5.24 Å². The largest absolute Gasteiger partial charge is 0.449 e. The molecule has 0 spiro atoms. The summed E-state index contributed by atoms with van der Waals surface area (Å²) in [7, 11) is 0. The first kappa shape index (κ1) is 9.12. The molecule has 12 heavy (non-hydrogen) atoms. The van der Waals surface area contributed by atoms with Crippen molar-refractivity contribution in [1.82, 2.24) is 0 Å². The topological polar surface area (TPSA) is 30.2 Å². The molecule has 0 unspecified atom stereocenters. The van der Waals surface area contributed by atoms with E-state index in [-0.39, 0.29) is 0 Å². The van der Waals surface area contributed by atoms with Crippen molar-refractivity contribution in [3.05, 3.63) is 23.7 Å². The van der Waals surface area contributed by atoms with E-state index in [0.29, 0.717) is 6.07 Å². The van der Waals surface area contributed by atoms with Gasteiger partial charge in [-0.15, -0.1) is 0 Å². The Hall–Kier alpha value is -0.970. The standard InChI is InChI=1S/C6H2ClF3O2/c7-5(11)3-1-2-4(12-3)6(8,9)10/h1-2H. The van der Waals surface area contributed by atoms with E-state index in [1.54, 1.807) is 0 Å². The molecule has 6 heteroatoms. The number of carbonyl (C=O) groups is 1. The molecule has 1 aromatic heterocycles. The number of hydrogen-bond acceptors (Lipinski definition) is 2. The van der Waals surface area contributed by atoms with E-state index in [0.717, 1.165) is 6.07 Å². The molecular formula is C6H2ClF3O2. The van der Waals surface area contributed by atoms with E-state index >= 15 is 0 Å². The van der Waals surface area contributed by atoms with Crippen LogP contribution in [0.1, 0.15) is 16.3 Å². The average molecular weight is 199 g/mol. The van der Waals surface area contributed by atoms with Gasteiger partial charge in [0.2, 0.25) is 5.76 Å². The van der Waals surface area contributed by atoms with Gasteiger partial charge < -0.3 is 4.42 Å². The molecule has 0 aromatic carbocycles. The van der Waals surface area contributed by atoms with Gasteiger partial charge in [-0.05, 0) is 23.7 Å². The minimum atomic E-state index is -4.58. The van der Waals surface area contributed by atoms with Crippen LogP contribution in [0.2, 0.25) is 0 Å². The molecule has 0 fully saturated rings. The molecule has 0 atom stereocenters. The van der Waals surface area contributed by atoms with Crippen LogP contribution >= 0.6 is 11.6 Å². The molecule has 0 saturated heterocycles. The van der Waals surface area contributed by atoms with Gasteiger partial charge in [0, 0.05) is 0 Å². The average Bonchev–Trinajstić information content (AvgIpc) is 2.30. The van der Waals surface area contributed by atoms with Gasteiger partial charge in [-0.2, -0.15) is 13.2 Å². The summed E-state index contributed by atoms with van der Waals surface area (Å²) in [5, 5.41) is -1.05. The van der Waals surface area contributed by atoms with Crippen molar-refractivity contribution in [2.24, 2.45) is 0 Å². The van der Waals surface area contributed by atoms with E-state index in [1.807, 2.05) is 0 Å². The van der Waals surface area contributed by atoms with Crippen LogP contribution in [-0.2, 0) is 6.18 Å². The van der Waals surface area contributed by atoms with Crippen LogP contribution in [0.4, 0.5) is 13.2 Å². The predicted molar refractivity (Wildman–Crippen MR) is 33.9 cm³/mol. The van der Waals surface area contributed by atoms with Gasteiger partial charge in [0.1, 0.15) is 0 Å². The van der Waals surface area contributed by atoms with Crippen LogP contribution in [0.5, 0.6) is 0 Å². The SMILES string of the molecule is O=C(Cl)c1ccc(C(F)(F)F)o1. The fraction of sp³-hybridized carbons (Fsp3) is 0.167. The Balaban J connectivity index is 3.00. The number of hydrogen-bond donors (Lipinski definition) is 0. The van der Waals surface area contributed by atoms with Crippen LogP contribution in [0.25, 0.3) is 0 Å². The summed E-state index contributed by atoms with van der Waals surface area (Å²) in [6, 6.07) is 1.52. The molecule has 0 aliphatic rings. The number of furan rings is 1. The lowest BCUT2D eigenvalue weighted by molar-refractivity contribution is -0.153. The summed E-state index contributed by atoms with van der Waals surface area (Å²) in [5.74, 6) is -1.74. The lowest BCUT2D eigenvalue weighted by Gasteiger charge is -1.99. The van der Waals surface area contributed by atoms with Crippen molar-refractivity contribution in [3.8, 4) is 0 Å². The molecule has 0 bridgehead atoms. The second-order valence-corrected chi connectivity index (χ2v) is 2.28. The summed E-state index contributed by atoms with van der Waals surface area (Å²) in [6.45, 7) is 0. The second-order valence-electron chi connectivity index (χ2n) is 1.94. The Morgan fingerprint density at radius 2 is 2.00 bits per heavy atom. The molecule has 0 saturated carbocycles. The molecule has 1 aromatic rings. The van der Waals surface area contributed by atoms with E-state index in [4.69, 9.17) is 11.6 Å². The number of alkyl halides is 3. The molecule has 1 rings (SSSR count). The minimum absolute atomic E-state index is 0.510. The third-order valence-electron chi connectivity index (χ3n) is 1.08. The minimum Gasteiger partial charge on any atom is -0.447 e. The summed E-state index contributed by atoms with van der Waals surface area (Å²) in [4.78, 5) is 10.3. The highest BCUT2D eigenvalue weighted by molar-refractivity contribution is 6.67. The second kappa shape index (κ2) is 2.82. The summed E-state index contributed by atoms with van der Waals surface area (Å²) < 4.78 is 39.6. The van der Waals surface area contributed by atoms with Crippen molar-refractivity contribution in [2.45, 2.75) is 6.18 Å².